The number of aliphatic hydroxyl groups excluding tert-OH is 1. The Labute approximate surface area is 128 Å². The smallest absolute Gasteiger partial charge is 0.139 e. The molecular formula is C17H18FN3O. The van der Waals surface area contributed by atoms with E-state index in [2.05, 4.69) is 14.7 Å². The molecule has 3 rings (SSSR count). The topological polar surface area (TPSA) is 49.6 Å². The zero-order chi connectivity index (χ0) is 15.5. The number of benzene rings is 1. The molecule has 0 fully saturated rings. The number of rotatable bonds is 5. The van der Waals surface area contributed by atoms with Crippen molar-refractivity contribution in [2.45, 2.75) is 26.6 Å². The lowest BCUT2D eigenvalue weighted by Crippen LogP contribution is -2.14. The monoisotopic (exact) mass is 299 g/mol. The van der Waals surface area contributed by atoms with Crippen LogP contribution in [-0.4, -0.2) is 14.5 Å². The fourth-order valence-corrected chi connectivity index (χ4v) is 2.53. The molecule has 0 spiro atoms. The van der Waals surface area contributed by atoms with Gasteiger partial charge in [0, 0.05) is 24.8 Å². The first-order valence-electron chi connectivity index (χ1n) is 7.19. The first-order valence-corrected chi connectivity index (χ1v) is 7.19. The molecule has 0 aliphatic carbocycles. The first-order chi connectivity index (χ1) is 10.7. The zero-order valence-electron chi connectivity index (χ0n) is 12.4. The molecule has 5 heteroatoms. The van der Waals surface area contributed by atoms with Crippen molar-refractivity contribution in [3.05, 3.63) is 70.9 Å². The molecule has 114 valence electrons. The van der Waals surface area contributed by atoms with Crippen LogP contribution in [0.5, 0.6) is 0 Å². The van der Waals surface area contributed by atoms with Gasteiger partial charge in [-0.3, -0.25) is 0 Å². The van der Waals surface area contributed by atoms with Crippen LogP contribution in [0.25, 0.3) is 5.65 Å². The summed E-state index contributed by atoms with van der Waals surface area (Å²) >= 11 is 0. The molecule has 0 aliphatic rings. The highest BCUT2D eigenvalue weighted by atomic mass is 19.1. The molecule has 2 N–H and O–H groups in total. The van der Waals surface area contributed by atoms with E-state index in [1.54, 1.807) is 12.1 Å². The predicted octanol–water partition coefficient (Wildman–Crippen LogP) is 2.56. The first kappa shape index (κ1) is 14.7. The van der Waals surface area contributed by atoms with Crippen LogP contribution in [0.2, 0.25) is 0 Å². The normalized spacial score (nSPS) is 11.2. The van der Waals surface area contributed by atoms with Gasteiger partial charge >= 0.3 is 0 Å². The van der Waals surface area contributed by atoms with E-state index in [1.807, 2.05) is 31.5 Å². The summed E-state index contributed by atoms with van der Waals surface area (Å²) in [6, 6.07) is 8.83. The molecule has 0 atom stereocenters. The van der Waals surface area contributed by atoms with Gasteiger partial charge in [-0.1, -0.05) is 12.1 Å². The van der Waals surface area contributed by atoms with Crippen LogP contribution >= 0.6 is 0 Å². The van der Waals surface area contributed by atoms with Crippen LogP contribution in [0.4, 0.5) is 4.39 Å². The van der Waals surface area contributed by atoms with Crippen molar-refractivity contribution in [2.75, 3.05) is 0 Å². The number of fused-ring (bicyclic) bond motifs is 1. The van der Waals surface area contributed by atoms with Gasteiger partial charge in [-0.15, -0.1) is 0 Å². The molecule has 0 aliphatic heterocycles. The second kappa shape index (κ2) is 6.25. The Hall–Kier alpha value is -2.24. The van der Waals surface area contributed by atoms with E-state index in [1.165, 1.54) is 6.07 Å². The highest BCUT2D eigenvalue weighted by molar-refractivity contribution is 5.48. The van der Waals surface area contributed by atoms with Gasteiger partial charge in [-0.05, 0) is 36.2 Å². The Kier molecular flexibility index (Phi) is 4.18. The van der Waals surface area contributed by atoms with Gasteiger partial charge in [-0.2, -0.15) is 0 Å². The Balaban J connectivity index is 1.69. The summed E-state index contributed by atoms with van der Waals surface area (Å²) in [6.45, 7) is 3.02. The summed E-state index contributed by atoms with van der Waals surface area (Å²) in [7, 11) is 0. The fraction of sp³-hybridized carbons (Fsp3) is 0.235. The van der Waals surface area contributed by atoms with Crippen molar-refractivity contribution >= 4 is 5.65 Å². The van der Waals surface area contributed by atoms with Crippen LogP contribution in [0, 0.1) is 12.7 Å². The molecule has 0 radical (unpaired) electrons. The average Bonchev–Trinajstić information content (AvgIpc) is 2.94. The zero-order valence-corrected chi connectivity index (χ0v) is 12.4. The summed E-state index contributed by atoms with van der Waals surface area (Å²) in [5, 5.41) is 12.4. The van der Waals surface area contributed by atoms with E-state index >= 15 is 0 Å². The molecule has 22 heavy (non-hydrogen) atoms. The molecule has 3 aromatic rings. The van der Waals surface area contributed by atoms with Crippen LogP contribution in [0.1, 0.15) is 22.4 Å². The predicted molar refractivity (Wildman–Crippen MR) is 82.8 cm³/mol. The van der Waals surface area contributed by atoms with E-state index in [4.69, 9.17) is 5.11 Å². The molecule has 0 saturated heterocycles. The van der Waals surface area contributed by atoms with Crippen molar-refractivity contribution in [3.8, 4) is 0 Å². The van der Waals surface area contributed by atoms with E-state index < -0.39 is 0 Å². The number of imidazole rings is 1. The van der Waals surface area contributed by atoms with Gasteiger partial charge in [-0.25, -0.2) is 9.37 Å². The minimum atomic E-state index is -0.372. The third kappa shape index (κ3) is 2.86. The van der Waals surface area contributed by atoms with Crippen LogP contribution in [-0.2, 0) is 19.7 Å². The Bertz CT molecular complexity index is 798. The minimum absolute atomic E-state index is 0.286. The van der Waals surface area contributed by atoms with Crippen LogP contribution in [0.3, 0.4) is 0 Å². The number of hydrogen-bond acceptors (Lipinski definition) is 3. The summed E-state index contributed by atoms with van der Waals surface area (Å²) in [5.74, 6) is -0.372. The van der Waals surface area contributed by atoms with Gasteiger partial charge in [0.05, 0.1) is 18.5 Å². The second-order valence-electron chi connectivity index (χ2n) is 5.32. The molecule has 0 bridgehead atoms. The highest BCUT2D eigenvalue weighted by Gasteiger charge is 2.05. The molecule has 0 unspecified atom stereocenters. The minimum Gasteiger partial charge on any atom is -0.392 e. The number of pyridine rings is 1. The fourth-order valence-electron chi connectivity index (χ4n) is 2.53. The maximum absolute atomic E-state index is 13.3. The molecular weight excluding hydrogens is 281 g/mol. The SMILES string of the molecule is Cc1cccn2c(CNCc3ccc(F)c(CO)c3)cnc12. The number of nitrogens with one attached hydrogen (secondary N) is 1. The Morgan fingerprint density at radius 1 is 1.27 bits per heavy atom. The summed E-state index contributed by atoms with van der Waals surface area (Å²) in [4.78, 5) is 4.42. The van der Waals surface area contributed by atoms with Gasteiger partial charge in [0.25, 0.3) is 0 Å². The Morgan fingerprint density at radius 3 is 2.95 bits per heavy atom. The van der Waals surface area contributed by atoms with Crippen molar-refractivity contribution in [2.24, 2.45) is 0 Å². The van der Waals surface area contributed by atoms with Crippen molar-refractivity contribution in [3.63, 3.8) is 0 Å². The van der Waals surface area contributed by atoms with Gasteiger partial charge < -0.3 is 14.8 Å². The average molecular weight is 299 g/mol. The molecule has 2 heterocycles. The standard InChI is InChI=1S/C17H18FN3O/c1-12-3-2-6-21-15(10-20-17(12)21)9-19-8-13-4-5-16(18)14(7-13)11-22/h2-7,10,19,22H,8-9,11H2,1H3. The largest absolute Gasteiger partial charge is 0.392 e. The van der Waals surface area contributed by atoms with E-state index in [0.717, 1.165) is 22.5 Å². The molecule has 1 aromatic carbocycles. The van der Waals surface area contributed by atoms with Crippen molar-refractivity contribution < 1.29 is 9.50 Å². The number of aliphatic hydroxyl groups is 1. The Morgan fingerprint density at radius 2 is 2.14 bits per heavy atom. The van der Waals surface area contributed by atoms with E-state index in [-0.39, 0.29) is 12.4 Å². The summed E-state index contributed by atoms with van der Waals surface area (Å²) < 4.78 is 15.4. The lowest BCUT2D eigenvalue weighted by atomic mass is 10.1. The molecule has 0 amide bonds. The van der Waals surface area contributed by atoms with Crippen molar-refractivity contribution in [1.29, 1.82) is 0 Å². The molecule has 4 nitrogen and oxygen atoms in total. The number of hydrogen-bond donors (Lipinski definition) is 2. The van der Waals surface area contributed by atoms with E-state index in [0.29, 0.717) is 18.7 Å². The van der Waals surface area contributed by atoms with Gasteiger partial charge in [0.15, 0.2) is 0 Å². The second-order valence-corrected chi connectivity index (χ2v) is 5.32. The number of aromatic nitrogens is 2. The van der Waals surface area contributed by atoms with Gasteiger partial charge in [0.2, 0.25) is 0 Å². The van der Waals surface area contributed by atoms with Gasteiger partial charge in [0.1, 0.15) is 11.5 Å². The summed E-state index contributed by atoms with van der Waals surface area (Å²) in [5.41, 5.74) is 4.44. The van der Waals surface area contributed by atoms with Crippen molar-refractivity contribution in [1.82, 2.24) is 14.7 Å². The lowest BCUT2D eigenvalue weighted by Gasteiger charge is -2.07. The van der Waals surface area contributed by atoms with Crippen LogP contribution < -0.4 is 5.32 Å². The maximum atomic E-state index is 13.3. The number of aryl methyl sites for hydroxylation is 1. The van der Waals surface area contributed by atoms with E-state index in [9.17, 15) is 4.39 Å². The highest BCUT2D eigenvalue weighted by Crippen LogP contribution is 2.12. The summed E-state index contributed by atoms with van der Waals surface area (Å²) in [6.07, 6.45) is 3.85. The number of halogens is 1. The maximum Gasteiger partial charge on any atom is 0.139 e. The number of nitrogens with zero attached hydrogens (tertiary/aromatic N) is 2. The lowest BCUT2D eigenvalue weighted by molar-refractivity contribution is 0.275. The third-order valence-electron chi connectivity index (χ3n) is 3.72. The molecule has 2 aromatic heterocycles. The third-order valence-corrected chi connectivity index (χ3v) is 3.72. The quantitative estimate of drug-likeness (QED) is 0.761. The molecule has 0 saturated carbocycles. The van der Waals surface area contributed by atoms with Crippen LogP contribution in [0.15, 0.2) is 42.7 Å².